The quantitative estimate of drug-likeness (QED) is 0.825. The van der Waals surface area contributed by atoms with Gasteiger partial charge in [-0.05, 0) is 26.0 Å². The number of hydrogen-bond donors (Lipinski definition) is 1. The molecule has 1 fully saturated rings. The molecule has 1 heterocycles. The van der Waals surface area contributed by atoms with E-state index in [-0.39, 0.29) is 30.4 Å². The lowest BCUT2D eigenvalue weighted by atomic mass is 10.1. The molecule has 2 rings (SSSR count). The van der Waals surface area contributed by atoms with Crippen LogP contribution in [0.15, 0.2) is 24.3 Å². The Morgan fingerprint density at radius 2 is 2.04 bits per heavy atom. The van der Waals surface area contributed by atoms with Crippen molar-refractivity contribution >= 4 is 11.8 Å². The van der Waals surface area contributed by atoms with Crippen LogP contribution in [0.5, 0.6) is 11.5 Å². The highest BCUT2D eigenvalue weighted by Crippen LogP contribution is 2.25. The van der Waals surface area contributed by atoms with E-state index in [4.69, 9.17) is 9.47 Å². The second-order valence-corrected chi connectivity index (χ2v) is 5.95. The third-order valence-electron chi connectivity index (χ3n) is 3.88. The van der Waals surface area contributed by atoms with Crippen LogP contribution in [-0.2, 0) is 9.59 Å². The number of para-hydroxylation sites is 2. The Kier molecular flexibility index (Phi) is 5.84. The summed E-state index contributed by atoms with van der Waals surface area (Å²) in [4.78, 5) is 25.6. The number of nitrogens with one attached hydrogen (secondary N) is 1. The molecule has 0 bridgehead atoms. The van der Waals surface area contributed by atoms with Gasteiger partial charge in [0.15, 0.2) is 18.1 Å². The Balaban J connectivity index is 1.75. The average Bonchev–Trinajstić information content (AvgIpc) is 2.92. The third kappa shape index (κ3) is 4.61. The van der Waals surface area contributed by atoms with E-state index < -0.39 is 0 Å². The lowest BCUT2D eigenvalue weighted by Gasteiger charge is -2.21. The Bertz CT molecular complexity index is 559. The number of rotatable bonds is 7. The number of carbonyl (C=O) groups excluding carboxylic acids is 2. The monoisotopic (exact) mass is 320 g/mol. The maximum Gasteiger partial charge on any atom is 0.257 e. The molecule has 1 N–H and O–H groups in total. The zero-order valence-corrected chi connectivity index (χ0v) is 13.9. The number of methoxy groups -OCH3 is 1. The third-order valence-corrected chi connectivity index (χ3v) is 3.88. The topological polar surface area (TPSA) is 67.9 Å². The molecule has 1 saturated heterocycles. The van der Waals surface area contributed by atoms with E-state index in [1.807, 2.05) is 30.9 Å². The fourth-order valence-corrected chi connectivity index (χ4v) is 2.63. The lowest BCUT2D eigenvalue weighted by Crippen LogP contribution is -2.35. The number of benzene rings is 1. The van der Waals surface area contributed by atoms with Crippen LogP contribution >= 0.6 is 0 Å². The molecule has 23 heavy (non-hydrogen) atoms. The van der Waals surface area contributed by atoms with Crippen molar-refractivity contribution in [1.29, 1.82) is 0 Å². The fraction of sp³-hybridized carbons (Fsp3) is 0.529. The minimum absolute atomic E-state index is 0.0745. The van der Waals surface area contributed by atoms with Crippen molar-refractivity contribution in [2.24, 2.45) is 5.92 Å². The average molecular weight is 320 g/mol. The molecular formula is C17H24N2O4. The van der Waals surface area contributed by atoms with Crippen molar-refractivity contribution in [3.63, 3.8) is 0 Å². The van der Waals surface area contributed by atoms with E-state index in [0.717, 1.165) is 0 Å². The van der Waals surface area contributed by atoms with E-state index in [9.17, 15) is 9.59 Å². The van der Waals surface area contributed by atoms with Gasteiger partial charge in [-0.25, -0.2) is 0 Å². The predicted octanol–water partition coefficient (Wildman–Crippen LogP) is 1.45. The fourth-order valence-electron chi connectivity index (χ4n) is 2.63. The second-order valence-electron chi connectivity index (χ2n) is 5.95. The van der Waals surface area contributed by atoms with Gasteiger partial charge in [-0.3, -0.25) is 9.59 Å². The van der Waals surface area contributed by atoms with Gasteiger partial charge in [0.2, 0.25) is 5.91 Å². The number of carbonyl (C=O) groups is 2. The van der Waals surface area contributed by atoms with Crippen molar-refractivity contribution in [2.75, 3.05) is 26.8 Å². The minimum atomic E-state index is -0.202. The largest absolute Gasteiger partial charge is 0.493 e. The zero-order valence-electron chi connectivity index (χ0n) is 13.9. The summed E-state index contributed by atoms with van der Waals surface area (Å²) < 4.78 is 10.6. The van der Waals surface area contributed by atoms with E-state index in [2.05, 4.69) is 5.32 Å². The summed E-state index contributed by atoms with van der Waals surface area (Å²) >= 11 is 0. The molecule has 0 aromatic heterocycles. The second kappa shape index (κ2) is 7.85. The Hall–Kier alpha value is -2.24. The van der Waals surface area contributed by atoms with Crippen LogP contribution in [0.1, 0.15) is 20.3 Å². The molecule has 0 aliphatic carbocycles. The number of hydrogen-bond acceptors (Lipinski definition) is 4. The molecule has 2 amide bonds. The smallest absolute Gasteiger partial charge is 0.257 e. The first-order chi connectivity index (χ1) is 11.0. The van der Waals surface area contributed by atoms with Gasteiger partial charge in [-0.15, -0.1) is 0 Å². The standard InChI is InChI=1S/C17H24N2O4/c1-12(2)19-10-13(8-17(19)21)9-18-16(20)11-23-15-7-5-4-6-14(15)22-3/h4-7,12-13H,8-11H2,1-3H3,(H,18,20). The Morgan fingerprint density at radius 1 is 1.35 bits per heavy atom. The summed E-state index contributed by atoms with van der Waals surface area (Å²) in [6, 6.07) is 7.39. The zero-order chi connectivity index (χ0) is 16.8. The maximum absolute atomic E-state index is 11.9. The highest BCUT2D eigenvalue weighted by Gasteiger charge is 2.31. The van der Waals surface area contributed by atoms with Crippen LogP contribution in [0.4, 0.5) is 0 Å². The first-order valence-corrected chi connectivity index (χ1v) is 7.83. The number of likely N-dealkylation sites (tertiary alicyclic amines) is 1. The lowest BCUT2D eigenvalue weighted by molar-refractivity contribution is -0.129. The summed E-state index contributed by atoms with van der Waals surface area (Å²) in [6.07, 6.45) is 0.492. The van der Waals surface area contributed by atoms with Crippen LogP contribution < -0.4 is 14.8 Å². The van der Waals surface area contributed by atoms with Gasteiger partial charge < -0.3 is 19.7 Å². The van der Waals surface area contributed by atoms with Crippen molar-refractivity contribution in [3.8, 4) is 11.5 Å². The van der Waals surface area contributed by atoms with Crippen molar-refractivity contribution in [2.45, 2.75) is 26.3 Å². The van der Waals surface area contributed by atoms with Crippen LogP contribution in [0, 0.1) is 5.92 Å². The summed E-state index contributed by atoms with van der Waals surface area (Å²) in [5.41, 5.74) is 0. The van der Waals surface area contributed by atoms with Crippen LogP contribution in [0.25, 0.3) is 0 Å². The molecule has 126 valence electrons. The predicted molar refractivity (Wildman–Crippen MR) is 86.5 cm³/mol. The first kappa shape index (κ1) is 17.1. The number of ether oxygens (including phenoxy) is 2. The van der Waals surface area contributed by atoms with Crippen molar-refractivity contribution < 1.29 is 19.1 Å². The van der Waals surface area contributed by atoms with Crippen LogP contribution in [0.3, 0.4) is 0 Å². The first-order valence-electron chi connectivity index (χ1n) is 7.83. The summed E-state index contributed by atoms with van der Waals surface area (Å²) in [5.74, 6) is 1.25. The SMILES string of the molecule is COc1ccccc1OCC(=O)NCC1CC(=O)N(C(C)C)C1. The summed E-state index contributed by atoms with van der Waals surface area (Å²) in [7, 11) is 1.56. The van der Waals surface area contributed by atoms with E-state index in [1.54, 1.807) is 19.2 Å². The van der Waals surface area contributed by atoms with Crippen molar-refractivity contribution in [3.05, 3.63) is 24.3 Å². The van der Waals surface area contributed by atoms with E-state index >= 15 is 0 Å². The minimum Gasteiger partial charge on any atom is -0.493 e. The molecule has 1 aromatic rings. The molecular weight excluding hydrogens is 296 g/mol. The highest BCUT2D eigenvalue weighted by atomic mass is 16.5. The number of amides is 2. The summed E-state index contributed by atoms with van der Waals surface area (Å²) in [5, 5.41) is 2.83. The van der Waals surface area contributed by atoms with Gasteiger partial charge in [0.25, 0.3) is 5.91 Å². The molecule has 0 radical (unpaired) electrons. The Morgan fingerprint density at radius 3 is 2.65 bits per heavy atom. The molecule has 1 aliphatic heterocycles. The normalized spacial score (nSPS) is 17.5. The summed E-state index contributed by atoms with van der Waals surface area (Å²) in [6.45, 7) is 5.11. The molecule has 1 aromatic carbocycles. The van der Waals surface area contributed by atoms with Gasteiger partial charge in [0.1, 0.15) is 0 Å². The number of nitrogens with zero attached hydrogens (tertiary/aromatic N) is 1. The van der Waals surface area contributed by atoms with Gasteiger partial charge >= 0.3 is 0 Å². The maximum atomic E-state index is 11.9. The van der Waals surface area contributed by atoms with Gasteiger partial charge in [0, 0.05) is 31.5 Å². The van der Waals surface area contributed by atoms with Crippen LogP contribution in [0.2, 0.25) is 0 Å². The van der Waals surface area contributed by atoms with Gasteiger partial charge in [-0.1, -0.05) is 12.1 Å². The molecule has 1 atom stereocenters. The molecule has 0 spiro atoms. The highest BCUT2D eigenvalue weighted by molar-refractivity contribution is 5.80. The molecule has 1 unspecified atom stereocenters. The van der Waals surface area contributed by atoms with Gasteiger partial charge in [-0.2, -0.15) is 0 Å². The molecule has 6 heteroatoms. The molecule has 6 nitrogen and oxygen atoms in total. The van der Waals surface area contributed by atoms with Gasteiger partial charge in [0.05, 0.1) is 7.11 Å². The molecule has 0 saturated carbocycles. The van der Waals surface area contributed by atoms with E-state index in [0.29, 0.717) is 31.0 Å². The van der Waals surface area contributed by atoms with Crippen molar-refractivity contribution in [1.82, 2.24) is 10.2 Å². The molecule has 1 aliphatic rings. The Labute approximate surface area is 136 Å². The van der Waals surface area contributed by atoms with E-state index in [1.165, 1.54) is 0 Å². The van der Waals surface area contributed by atoms with Crippen LogP contribution in [-0.4, -0.2) is 49.6 Å².